The van der Waals surface area contributed by atoms with Crippen molar-refractivity contribution in [2.45, 2.75) is 69.6 Å². The second kappa shape index (κ2) is 4.85. The van der Waals surface area contributed by atoms with Crippen molar-refractivity contribution in [3.05, 3.63) is 0 Å². The van der Waals surface area contributed by atoms with Crippen molar-refractivity contribution < 1.29 is 19.4 Å². The van der Waals surface area contributed by atoms with Crippen molar-refractivity contribution in [1.29, 1.82) is 0 Å². The molecular weight excluding hydrogens is 284 g/mol. The number of carbonyl (C=O) groups is 2. The second-order valence-electron chi connectivity index (χ2n) is 8.26. The Morgan fingerprint density at radius 3 is 2.18 bits per heavy atom. The molecule has 3 saturated carbocycles. The van der Waals surface area contributed by atoms with Gasteiger partial charge in [0.25, 0.3) is 0 Å². The van der Waals surface area contributed by atoms with Crippen molar-refractivity contribution in [1.82, 2.24) is 10.2 Å². The van der Waals surface area contributed by atoms with Gasteiger partial charge >= 0.3 is 12.1 Å². The maximum absolute atomic E-state index is 11.9. The van der Waals surface area contributed by atoms with Crippen molar-refractivity contribution in [3.8, 4) is 0 Å². The number of aliphatic carboxylic acids is 1. The van der Waals surface area contributed by atoms with Crippen LogP contribution in [-0.4, -0.2) is 51.8 Å². The fourth-order valence-electron chi connectivity index (χ4n) is 4.32. The van der Waals surface area contributed by atoms with Crippen molar-refractivity contribution in [2.75, 3.05) is 13.1 Å². The van der Waals surface area contributed by atoms with E-state index in [0.717, 1.165) is 45.2 Å². The summed E-state index contributed by atoms with van der Waals surface area (Å²) in [5, 5.41) is 12.1. The molecule has 1 saturated heterocycles. The van der Waals surface area contributed by atoms with Gasteiger partial charge in [0, 0.05) is 11.1 Å². The molecule has 6 heteroatoms. The van der Waals surface area contributed by atoms with E-state index in [-0.39, 0.29) is 23.1 Å². The molecule has 3 aliphatic carbocycles. The minimum absolute atomic E-state index is 0.0774. The van der Waals surface area contributed by atoms with E-state index in [9.17, 15) is 9.59 Å². The molecule has 4 rings (SSSR count). The molecule has 0 radical (unpaired) electrons. The number of ether oxygens (including phenoxy) is 1. The van der Waals surface area contributed by atoms with Gasteiger partial charge in [0.15, 0.2) is 0 Å². The zero-order chi connectivity index (χ0) is 16.2. The summed E-state index contributed by atoms with van der Waals surface area (Å²) >= 11 is 0. The smallest absolute Gasteiger partial charge is 0.408 e. The highest BCUT2D eigenvalue weighted by atomic mass is 16.6. The first-order chi connectivity index (χ1) is 10.1. The van der Waals surface area contributed by atoms with Gasteiger partial charge in [0.05, 0.1) is 5.92 Å². The number of nitrogens with zero attached hydrogens (tertiary/aromatic N) is 1. The van der Waals surface area contributed by atoms with Gasteiger partial charge in [-0.05, 0) is 66.0 Å². The zero-order valence-electron chi connectivity index (χ0n) is 13.6. The van der Waals surface area contributed by atoms with Gasteiger partial charge in [0.1, 0.15) is 5.60 Å². The van der Waals surface area contributed by atoms with Crippen LogP contribution in [0, 0.1) is 5.92 Å². The van der Waals surface area contributed by atoms with E-state index < -0.39 is 11.6 Å². The van der Waals surface area contributed by atoms with Crippen LogP contribution in [0.1, 0.15) is 52.9 Å². The van der Waals surface area contributed by atoms with E-state index in [4.69, 9.17) is 9.84 Å². The molecule has 2 N–H and O–H groups in total. The quantitative estimate of drug-likeness (QED) is 0.833. The SMILES string of the molecule is CC(C)(C)OC(=O)NC12CC(N3CCC(C(=O)O)CC3)(C1)C2. The van der Waals surface area contributed by atoms with Gasteiger partial charge < -0.3 is 15.2 Å². The average molecular weight is 310 g/mol. The Morgan fingerprint density at radius 1 is 1.18 bits per heavy atom. The molecule has 2 bridgehead atoms. The monoisotopic (exact) mass is 310 g/mol. The lowest BCUT2D eigenvalue weighted by Gasteiger charge is -2.74. The fraction of sp³-hybridized carbons (Fsp3) is 0.875. The number of carbonyl (C=O) groups excluding carboxylic acids is 1. The van der Waals surface area contributed by atoms with Gasteiger partial charge in [-0.25, -0.2) is 4.79 Å². The van der Waals surface area contributed by atoms with Gasteiger partial charge in [-0.1, -0.05) is 0 Å². The summed E-state index contributed by atoms with van der Waals surface area (Å²) in [5.41, 5.74) is -0.339. The molecule has 4 aliphatic rings. The van der Waals surface area contributed by atoms with Gasteiger partial charge in [-0.3, -0.25) is 9.69 Å². The van der Waals surface area contributed by atoms with Crippen LogP contribution in [0.4, 0.5) is 4.79 Å². The van der Waals surface area contributed by atoms with E-state index in [1.165, 1.54) is 0 Å². The number of carboxylic acid groups (broad SMARTS) is 1. The molecule has 0 aromatic rings. The number of carboxylic acids is 1. The molecule has 0 unspecified atom stereocenters. The average Bonchev–Trinajstić information content (AvgIpc) is 2.30. The van der Waals surface area contributed by atoms with Crippen LogP contribution in [0.15, 0.2) is 0 Å². The third kappa shape index (κ3) is 2.69. The summed E-state index contributed by atoms with van der Waals surface area (Å²) in [6.07, 6.45) is 4.06. The van der Waals surface area contributed by atoms with E-state index in [1.54, 1.807) is 0 Å². The number of hydrogen-bond acceptors (Lipinski definition) is 4. The molecule has 0 aromatic carbocycles. The number of piperidine rings is 1. The molecule has 6 nitrogen and oxygen atoms in total. The Bertz CT molecular complexity index is 469. The number of hydrogen-bond donors (Lipinski definition) is 2. The molecule has 0 atom stereocenters. The van der Waals surface area contributed by atoms with Crippen LogP contribution in [0.5, 0.6) is 0 Å². The Hall–Kier alpha value is -1.30. The number of alkyl carbamates (subject to hydrolysis) is 1. The molecular formula is C16H26N2O4. The van der Waals surface area contributed by atoms with Crippen LogP contribution < -0.4 is 5.32 Å². The topological polar surface area (TPSA) is 78.9 Å². The predicted octanol–water partition coefficient (Wildman–Crippen LogP) is 1.98. The number of nitrogens with one attached hydrogen (secondary N) is 1. The predicted molar refractivity (Wildman–Crippen MR) is 80.6 cm³/mol. The molecule has 1 heterocycles. The summed E-state index contributed by atoms with van der Waals surface area (Å²) in [5.74, 6) is -0.849. The van der Waals surface area contributed by atoms with Crippen LogP contribution in [0.3, 0.4) is 0 Å². The summed E-state index contributed by atoms with van der Waals surface area (Å²) in [6.45, 7) is 7.31. The molecule has 1 amide bonds. The normalized spacial score (nSPS) is 35.2. The summed E-state index contributed by atoms with van der Waals surface area (Å²) in [7, 11) is 0. The van der Waals surface area contributed by atoms with Gasteiger partial charge in [0.2, 0.25) is 0 Å². The summed E-state index contributed by atoms with van der Waals surface area (Å²) < 4.78 is 5.32. The second-order valence-corrected chi connectivity index (χ2v) is 8.26. The maximum Gasteiger partial charge on any atom is 0.408 e. The lowest BCUT2D eigenvalue weighted by atomic mass is 9.43. The Morgan fingerprint density at radius 2 is 1.73 bits per heavy atom. The van der Waals surface area contributed by atoms with E-state index in [1.807, 2.05) is 20.8 Å². The Balaban J connectivity index is 1.46. The first-order valence-corrected chi connectivity index (χ1v) is 8.12. The van der Waals surface area contributed by atoms with E-state index >= 15 is 0 Å². The lowest BCUT2D eigenvalue weighted by Crippen LogP contribution is -2.84. The summed E-state index contributed by atoms with van der Waals surface area (Å²) in [4.78, 5) is 25.3. The molecule has 22 heavy (non-hydrogen) atoms. The highest BCUT2D eigenvalue weighted by Gasteiger charge is 2.71. The highest BCUT2D eigenvalue weighted by molar-refractivity contribution is 5.70. The molecule has 124 valence electrons. The van der Waals surface area contributed by atoms with E-state index in [2.05, 4.69) is 10.2 Å². The summed E-state index contributed by atoms with van der Waals surface area (Å²) in [6, 6.07) is 0. The fourth-order valence-corrected chi connectivity index (χ4v) is 4.32. The van der Waals surface area contributed by atoms with Crippen LogP contribution >= 0.6 is 0 Å². The van der Waals surface area contributed by atoms with E-state index in [0.29, 0.717) is 0 Å². The Kier molecular flexibility index (Phi) is 3.43. The molecule has 4 fully saturated rings. The van der Waals surface area contributed by atoms with Gasteiger partial charge in [-0.15, -0.1) is 0 Å². The van der Waals surface area contributed by atoms with Crippen LogP contribution in [-0.2, 0) is 9.53 Å². The third-order valence-electron chi connectivity index (χ3n) is 5.28. The highest BCUT2D eigenvalue weighted by Crippen LogP contribution is 2.64. The first-order valence-electron chi connectivity index (χ1n) is 8.12. The minimum atomic E-state index is -0.666. The first kappa shape index (κ1) is 15.6. The largest absolute Gasteiger partial charge is 0.481 e. The molecule has 1 aliphatic heterocycles. The molecule has 0 aromatic heterocycles. The third-order valence-corrected chi connectivity index (χ3v) is 5.28. The standard InChI is InChI=1S/C16H26N2O4/c1-14(2,3)22-13(21)17-15-8-16(9-15,10-15)18-6-4-11(5-7-18)12(19)20/h11H,4-10H2,1-3H3,(H,17,21)(H,19,20). The van der Waals surface area contributed by atoms with Crippen molar-refractivity contribution >= 4 is 12.1 Å². The number of amides is 1. The van der Waals surface area contributed by atoms with Crippen LogP contribution in [0.2, 0.25) is 0 Å². The lowest BCUT2D eigenvalue weighted by molar-refractivity contribution is -0.186. The number of rotatable bonds is 3. The Labute approximate surface area is 131 Å². The number of likely N-dealkylation sites (tertiary alicyclic amines) is 1. The van der Waals surface area contributed by atoms with Crippen LogP contribution in [0.25, 0.3) is 0 Å². The minimum Gasteiger partial charge on any atom is -0.481 e. The molecule has 0 spiro atoms. The zero-order valence-corrected chi connectivity index (χ0v) is 13.6. The van der Waals surface area contributed by atoms with Gasteiger partial charge in [-0.2, -0.15) is 0 Å². The maximum atomic E-state index is 11.9. The van der Waals surface area contributed by atoms with Crippen molar-refractivity contribution in [2.24, 2.45) is 5.92 Å². The van der Waals surface area contributed by atoms with Crippen molar-refractivity contribution in [3.63, 3.8) is 0 Å².